The molecular weight excluding hydrogens is 316 g/mol. The molecule has 1 rings (SSSR count). The van der Waals surface area contributed by atoms with Gasteiger partial charge in [0, 0.05) is 12.1 Å². The first-order valence-corrected chi connectivity index (χ1v) is 8.16. The number of benzene rings is 1. The number of rotatable bonds is 9. The van der Waals surface area contributed by atoms with Crippen LogP contribution >= 0.6 is 11.6 Å². The second-order valence-corrected chi connectivity index (χ2v) is 5.28. The predicted molar refractivity (Wildman–Crippen MR) is 91.4 cm³/mol. The number of hydrogen-bond acceptors (Lipinski definition) is 2. The molecule has 23 heavy (non-hydrogen) atoms. The molecule has 0 heterocycles. The van der Waals surface area contributed by atoms with Crippen LogP contribution in [0.1, 0.15) is 30.1 Å². The second-order valence-electron chi connectivity index (χ2n) is 5.01. The van der Waals surface area contributed by atoms with E-state index in [1.807, 2.05) is 13.0 Å². The SMILES string of the molecule is CCNC(=O)C(CCC[NH+]=C(N)CCl)NC(=O)c1ccccc1. The Morgan fingerprint density at radius 1 is 1.30 bits per heavy atom. The number of carbonyl (C=O) groups is 2. The molecule has 7 heteroatoms. The van der Waals surface area contributed by atoms with Crippen molar-refractivity contribution in [1.29, 1.82) is 0 Å². The summed E-state index contributed by atoms with van der Waals surface area (Å²) in [6.07, 6.45) is 1.18. The van der Waals surface area contributed by atoms with Gasteiger partial charge in [0.15, 0.2) is 0 Å². The lowest BCUT2D eigenvalue weighted by atomic mass is 10.1. The smallest absolute Gasteiger partial charge is 0.255 e. The van der Waals surface area contributed by atoms with Crippen molar-refractivity contribution in [2.45, 2.75) is 25.8 Å². The van der Waals surface area contributed by atoms with Crippen molar-refractivity contribution in [3.63, 3.8) is 0 Å². The van der Waals surface area contributed by atoms with Crippen LogP contribution in [-0.4, -0.2) is 42.7 Å². The molecule has 2 amide bonds. The van der Waals surface area contributed by atoms with Crippen molar-refractivity contribution in [2.75, 3.05) is 19.0 Å². The Labute approximate surface area is 141 Å². The van der Waals surface area contributed by atoms with Gasteiger partial charge in [0.05, 0.1) is 6.54 Å². The Morgan fingerprint density at radius 2 is 2.00 bits per heavy atom. The van der Waals surface area contributed by atoms with Crippen molar-refractivity contribution in [1.82, 2.24) is 10.6 Å². The summed E-state index contributed by atoms with van der Waals surface area (Å²) >= 11 is 5.58. The van der Waals surface area contributed by atoms with E-state index >= 15 is 0 Å². The van der Waals surface area contributed by atoms with Gasteiger partial charge < -0.3 is 10.6 Å². The van der Waals surface area contributed by atoms with E-state index in [0.717, 1.165) is 0 Å². The summed E-state index contributed by atoms with van der Waals surface area (Å²) in [5, 5.41) is 5.52. The van der Waals surface area contributed by atoms with Crippen molar-refractivity contribution in [3.8, 4) is 0 Å². The summed E-state index contributed by atoms with van der Waals surface area (Å²) < 4.78 is 0. The normalized spacial score (nSPS) is 12.5. The molecule has 0 spiro atoms. The molecule has 1 unspecified atom stereocenters. The zero-order valence-corrected chi connectivity index (χ0v) is 14.0. The van der Waals surface area contributed by atoms with E-state index < -0.39 is 6.04 Å². The van der Waals surface area contributed by atoms with E-state index in [0.29, 0.717) is 37.3 Å². The van der Waals surface area contributed by atoms with Gasteiger partial charge in [-0.25, -0.2) is 0 Å². The number of hydrogen-bond donors (Lipinski definition) is 4. The third-order valence-electron chi connectivity index (χ3n) is 3.17. The van der Waals surface area contributed by atoms with Gasteiger partial charge in [-0.3, -0.25) is 20.3 Å². The van der Waals surface area contributed by atoms with Crippen LogP contribution in [0.5, 0.6) is 0 Å². The first kappa shape index (κ1) is 19.0. The Morgan fingerprint density at radius 3 is 2.61 bits per heavy atom. The fourth-order valence-corrected chi connectivity index (χ4v) is 2.09. The zero-order chi connectivity index (χ0) is 17.1. The molecule has 0 saturated carbocycles. The van der Waals surface area contributed by atoms with Gasteiger partial charge in [-0.15, -0.1) is 11.6 Å². The minimum Gasteiger partial charge on any atom is -0.355 e. The number of halogens is 1. The molecule has 1 aromatic carbocycles. The lowest BCUT2D eigenvalue weighted by molar-refractivity contribution is -0.459. The number of amides is 2. The first-order valence-electron chi connectivity index (χ1n) is 7.63. The highest BCUT2D eigenvalue weighted by molar-refractivity contribution is 6.27. The summed E-state index contributed by atoms with van der Waals surface area (Å²) in [4.78, 5) is 27.3. The van der Waals surface area contributed by atoms with E-state index in [1.165, 1.54) is 0 Å². The fraction of sp³-hybridized carbons (Fsp3) is 0.438. The van der Waals surface area contributed by atoms with Gasteiger partial charge in [-0.1, -0.05) is 18.2 Å². The standard InChI is InChI=1S/C16H23ClN4O2/c1-2-19-16(23)13(9-6-10-20-14(18)11-17)21-15(22)12-7-4-3-5-8-12/h3-5,7-8,13H,2,6,9-11H2,1H3,(H2,18,20)(H,19,23)(H,21,22)/p+1. The Kier molecular flexibility index (Phi) is 8.75. The highest BCUT2D eigenvalue weighted by atomic mass is 35.5. The van der Waals surface area contributed by atoms with Crippen molar-refractivity contribution < 1.29 is 14.6 Å². The van der Waals surface area contributed by atoms with Gasteiger partial charge in [-0.2, -0.15) is 0 Å². The molecule has 0 aromatic heterocycles. The topological polar surface area (TPSA) is 98.2 Å². The van der Waals surface area contributed by atoms with E-state index in [2.05, 4.69) is 15.6 Å². The number of carbonyl (C=O) groups excluding carboxylic acids is 2. The minimum absolute atomic E-state index is 0.189. The van der Waals surface area contributed by atoms with Crippen LogP contribution < -0.4 is 21.4 Å². The van der Waals surface area contributed by atoms with Crippen LogP contribution in [0.3, 0.4) is 0 Å². The molecule has 0 radical (unpaired) electrons. The Hall–Kier alpha value is -2.08. The van der Waals surface area contributed by atoms with E-state index in [1.54, 1.807) is 24.3 Å². The predicted octanol–water partition coefficient (Wildman–Crippen LogP) is -0.622. The molecule has 6 nitrogen and oxygen atoms in total. The number of amidine groups is 1. The van der Waals surface area contributed by atoms with Gasteiger partial charge in [-0.05, 0) is 31.9 Å². The molecular formula is C16H24ClN4O2+. The summed E-state index contributed by atoms with van der Waals surface area (Å²) in [5.41, 5.74) is 6.11. The Balaban J connectivity index is 2.62. The van der Waals surface area contributed by atoms with Crippen LogP contribution in [0.4, 0.5) is 0 Å². The highest BCUT2D eigenvalue weighted by Gasteiger charge is 2.20. The highest BCUT2D eigenvalue weighted by Crippen LogP contribution is 2.02. The maximum Gasteiger partial charge on any atom is 0.255 e. The number of nitrogens with two attached hydrogens (primary N) is 1. The Bertz CT molecular complexity index is 534. The van der Waals surface area contributed by atoms with Crippen LogP contribution in [0.25, 0.3) is 0 Å². The largest absolute Gasteiger partial charge is 0.355 e. The molecule has 0 aliphatic rings. The van der Waals surface area contributed by atoms with Crippen molar-refractivity contribution >= 4 is 29.3 Å². The van der Waals surface area contributed by atoms with Crippen LogP contribution in [0, 0.1) is 0 Å². The molecule has 0 aliphatic carbocycles. The summed E-state index contributed by atoms with van der Waals surface area (Å²) in [6.45, 7) is 2.95. The average Bonchev–Trinajstić information content (AvgIpc) is 2.58. The summed E-state index contributed by atoms with van der Waals surface area (Å²) in [7, 11) is 0. The monoisotopic (exact) mass is 339 g/mol. The van der Waals surface area contributed by atoms with Gasteiger partial charge in [0.1, 0.15) is 11.9 Å². The van der Waals surface area contributed by atoms with Crippen LogP contribution in [0.15, 0.2) is 30.3 Å². The molecule has 0 bridgehead atoms. The third kappa shape index (κ3) is 7.15. The molecule has 126 valence electrons. The number of likely N-dealkylation sites (N-methyl/N-ethyl adjacent to an activating group) is 1. The van der Waals surface area contributed by atoms with Crippen LogP contribution in [0.2, 0.25) is 0 Å². The molecule has 0 aliphatic heterocycles. The number of alkyl halides is 1. The lowest BCUT2D eigenvalue weighted by Crippen LogP contribution is -2.76. The first-order chi connectivity index (χ1) is 11.1. The van der Waals surface area contributed by atoms with E-state index in [-0.39, 0.29) is 17.7 Å². The van der Waals surface area contributed by atoms with Gasteiger partial charge in [0.25, 0.3) is 11.7 Å². The summed E-state index contributed by atoms with van der Waals surface area (Å²) in [5.74, 6) is 0.284. The minimum atomic E-state index is -0.582. The van der Waals surface area contributed by atoms with Crippen molar-refractivity contribution in [2.24, 2.45) is 5.73 Å². The van der Waals surface area contributed by atoms with Gasteiger partial charge in [0.2, 0.25) is 5.91 Å². The quantitative estimate of drug-likeness (QED) is 0.209. The zero-order valence-electron chi connectivity index (χ0n) is 13.3. The van der Waals surface area contributed by atoms with E-state index in [4.69, 9.17) is 17.3 Å². The number of nitrogens with one attached hydrogen (secondary N) is 3. The molecule has 5 N–H and O–H groups in total. The van der Waals surface area contributed by atoms with E-state index in [9.17, 15) is 9.59 Å². The van der Waals surface area contributed by atoms with Gasteiger partial charge >= 0.3 is 0 Å². The maximum atomic E-state index is 12.2. The second kappa shape index (κ2) is 10.6. The summed E-state index contributed by atoms with van der Waals surface area (Å²) in [6, 6.07) is 8.24. The molecule has 0 fully saturated rings. The van der Waals surface area contributed by atoms with Crippen LogP contribution in [-0.2, 0) is 4.79 Å². The molecule has 1 atom stereocenters. The van der Waals surface area contributed by atoms with Crippen molar-refractivity contribution in [3.05, 3.63) is 35.9 Å². The fourth-order valence-electron chi connectivity index (χ4n) is 2.00. The molecule has 0 saturated heterocycles. The third-order valence-corrected chi connectivity index (χ3v) is 3.46. The lowest BCUT2D eigenvalue weighted by Gasteiger charge is -2.17. The maximum absolute atomic E-state index is 12.2. The average molecular weight is 340 g/mol. The molecule has 1 aromatic rings.